The van der Waals surface area contributed by atoms with Crippen molar-refractivity contribution in [2.45, 2.75) is 0 Å². The molecule has 0 unspecified atom stereocenters. The molecule has 0 spiro atoms. The fourth-order valence-corrected chi connectivity index (χ4v) is 1.57. The van der Waals surface area contributed by atoms with Gasteiger partial charge in [-0.3, -0.25) is 10.1 Å². The van der Waals surface area contributed by atoms with E-state index < -0.39 is 39.7 Å². The van der Waals surface area contributed by atoms with Gasteiger partial charge in [0.25, 0.3) is 0 Å². The molecule has 2 aromatic rings. The van der Waals surface area contributed by atoms with Crippen LogP contribution in [0, 0.1) is 21.7 Å². The minimum Gasteiger partial charge on any atom is -0.477 e. The topological polar surface area (TPSA) is 105 Å². The molecule has 108 valence electrons. The van der Waals surface area contributed by atoms with Crippen LogP contribution in [0.1, 0.15) is 10.5 Å². The van der Waals surface area contributed by atoms with Gasteiger partial charge in [-0.1, -0.05) is 0 Å². The van der Waals surface area contributed by atoms with Crippen LogP contribution in [0.4, 0.5) is 26.0 Å². The van der Waals surface area contributed by atoms with Crippen LogP contribution in [-0.2, 0) is 0 Å². The number of nitro groups is 1. The second kappa shape index (κ2) is 5.49. The lowest BCUT2D eigenvalue weighted by atomic mass is 10.2. The number of hydrogen-bond acceptors (Lipinski definition) is 5. The largest absolute Gasteiger partial charge is 0.477 e. The van der Waals surface area contributed by atoms with E-state index in [-0.39, 0.29) is 5.69 Å². The number of nitrogens with zero attached hydrogens (tertiary/aromatic N) is 2. The molecular formula is C12H7F2N3O4. The van der Waals surface area contributed by atoms with Crippen LogP contribution < -0.4 is 5.32 Å². The number of aromatic carboxylic acids is 1. The Kier molecular flexibility index (Phi) is 3.74. The zero-order chi connectivity index (χ0) is 15.6. The third-order valence-corrected chi connectivity index (χ3v) is 2.42. The van der Waals surface area contributed by atoms with Gasteiger partial charge in [0.05, 0.1) is 4.92 Å². The van der Waals surface area contributed by atoms with E-state index in [2.05, 4.69) is 10.3 Å². The maximum Gasteiger partial charge on any atom is 0.354 e. The van der Waals surface area contributed by atoms with Crippen LogP contribution in [0.15, 0.2) is 30.3 Å². The first kappa shape index (κ1) is 14.3. The summed E-state index contributed by atoms with van der Waals surface area (Å²) in [7, 11) is 0. The Balaban J connectivity index is 2.47. The quantitative estimate of drug-likeness (QED) is 0.663. The SMILES string of the molecule is O=C(O)c1ccc([N+](=O)[O-])c(Nc2cc(F)cc(F)c2)n1. The maximum atomic E-state index is 13.1. The van der Waals surface area contributed by atoms with Crippen molar-refractivity contribution < 1.29 is 23.6 Å². The summed E-state index contributed by atoms with van der Waals surface area (Å²) >= 11 is 0. The molecule has 0 amide bonds. The highest BCUT2D eigenvalue weighted by molar-refractivity contribution is 5.86. The van der Waals surface area contributed by atoms with Crippen molar-refractivity contribution in [2.24, 2.45) is 0 Å². The summed E-state index contributed by atoms with van der Waals surface area (Å²) in [6, 6.07) is 4.30. The van der Waals surface area contributed by atoms with Crippen molar-refractivity contribution in [1.29, 1.82) is 0 Å². The standard InChI is InChI=1S/C12H7F2N3O4/c13-6-3-7(14)5-8(4-6)15-11-10(17(20)21)2-1-9(16-11)12(18)19/h1-5H,(H,15,16)(H,18,19). The van der Waals surface area contributed by atoms with Gasteiger partial charge in [0.1, 0.15) is 11.6 Å². The Morgan fingerprint density at radius 1 is 1.24 bits per heavy atom. The zero-order valence-electron chi connectivity index (χ0n) is 10.2. The Morgan fingerprint density at radius 2 is 1.86 bits per heavy atom. The molecular weight excluding hydrogens is 288 g/mol. The smallest absolute Gasteiger partial charge is 0.354 e. The summed E-state index contributed by atoms with van der Waals surface area (Å²) < 4.78 is 26.1. The van der Waals surface area contributed by atoms with E-state index in [4.69, 9.17) is 5.11 Å². The lowest BCUT2D eigenvalue weighted by Crippen LogP contribution is -2.06. The van der Waals surface area contributed by atoms with Gasteiger partial charge in [0.2, 0.25) is 5.82 Å². The molecule has 0 saturated carbocycles. The normalized spacial score (nSPS) is 10.2. The van der Waals surface area contributed by atoms with Gasteiger partial charge in [-0.25, -0.2) is 18.6 Å². The van der Waals surface area contributed by atoms with Gasteiger partial charge >= 0.3 is 11.7 Å². The minimum absolute atomic E-state index is 0.134. The predicted octanol–water partition coefficient (Wildman–Crippen LogP) is 2.71. The fourth-order valence-electron chi connectivity index (χ4n) is 1.57. The van der Waals surface area contributed by atoms with Crippen molar-refractivity contribution in [3.8, 4) is 0 Å². The second-order valence-corrected chi connectivity index (χ2v) is 3.91. The zero-order valence-corrected chi connectivity index (χ0v) is 10.2. The van der Waals surface area contributed by atoms with Crippen LogP contribution in [0.3, 0.4) is 0 Å². The second-order valence-electron chi connectivity index (χ2n) is 3.91. The van der Waals surface area contributed by atoms with Crippen molar-refractivity contribution in [1.82, 2.24) is 4.98 Å². The minimum atomic E-state index is -1.39. The molecule has 21 heavy (non-hydrogen) atoms. The highest BCUT2D eigenvalue weighted by Gasteiger charge is 2.19. The number of hydrogen-bond donors (Lipinski definition) is 2. The molecule has 1 heterocycles. The Hall–Kier alpha value is -3.10. The number of carboxylic acid groups (broad SMARTS) is 1. The van der Waals surface area contributed by atoms with E-state index in [9.17, 15) is 23.7 Å². The molecule has 7 nitrogen and oxygen atoms in total. The van der Waals surface area contributed by atoms with Crippen molar-refractivity contribution in [2.75, 3.05) is 5.32 Å². The lowest BCUT2D eigenvalue weighted by Gasteiger charge is -2.07. The molecule has 0 bridgehead atoms. The molecule has 0 atom stereocenters. The van der Waals surface area contributed by atoms with Gasteiger partial charge in [0, 0.05) is 17.8 Å². The highest BCUT2D eigenvalue weighted by atomic mass is 19.1. The van der Waals surface area contributed by atoms with Crippen LogP contribution >= 0.6 is 0 Å². The van der Waals surface area contributed by atoms with Crippen LogP contribution in [0.5, 0.6) is 0 Å². The van der Waals surface area contributed by atoms with Crippen molar-refractivity contribution in [3.05, 3.63) is 57.8 Å². The summed E-state index contributed by atoms with van der Waals surface area (Å²) in [6.07, 6.45) is 0. The summed E-state index contributed by atoms with van der Waals surface area (Å²) in [5, 5.41) is 22.0. The molecule has 0 saturated heterocycles. The van der Waals surface area contributed by atoms with Crippen LogP contribution in [0.2, 0.25) is 0 Å². The van der Waals surface area contributed by atoms with E-state index in [0.29, 0.717) is 6.07 Å². The first-order valence-electron chi connectivity index (χ1n) is 5.48. The summed E-state index contributed by atoms with van der Waals surface area (Å²) in [6.45, 7) is 0. The first-order chi connectivity index (χ1) is 9.86. The summed E-state index contributed by atoms with van der Waals surface area (Å²) in [5.74, 6) is -3.60. The lowest BCUT2D eigenvalue weighted by molar-refractivity contribution is -0.384. The highest BCUT2D eigenvalue weighted by Crippen LogP contribution is 2.26. The molecule has 2 N–H and O–H groups in total. The number of aromatic nitrogens is 1. The number of nitrogens with one attached hydrogen (secondary N) is 1. The average molecular weight is 295 g/mol. The molecule has 1 aromatic heterocycles. The molecule has 0 fully saturated rings. The Morgan fingerprint density at radius 3 is 2.38 bits per heavy atom. The third-order valence-electron chi connectivity index (χ3n) is 2.42. The summed E-state index contributed by atoms with van der Waals surface area (Å²) in [4.78, 5) is 24.4. The number of carboxylic acids is 1. The third kappa shape index (κ3) is 3.26. The van der Waals surface area contributed by atoms with E-state index in [1.807, 2.05) is 0 Å². The van der Waals surface area contributed by atoms with Crippen LogP contribution in [0.25, 0.3) is 0 Å². The number of carbonyl (C=O) groups is 1. The van der Waals surface area contributed by atoms with Gasteiger partial charge in [-0.15, -0.1) is 0 Å². The molecule has 1 aromatic carbocycles. The Bertz CT molecular complexity index is 716. The average Bonchev–Trinajstić information content (AvgIpc) is 2.36. The molecule has 0 radical (unpaired) electrons. The first-order valence-corrected chi connectivity index (χ1v) is 5.48. The van der Waals surface area contributed by atoms with E-state index >= 15 is 0 Å². The van der Waals surface area contributed by atoms with Crippen LogP contribution in [-0.4, -0.2) is 21.0 Å². The van der Waals surface area contributed by atoms with E-state index in [1.54, 1.807) is 0 Å². The molecule has 2 rings (SSSR count). The van der Waals surface area contributed by atoms with Crippen molar-refractivity contribution in [3.63, 3.8) is 0 Å². The molecule has 0 aliphatic heterocycles. The number of pyridine rings is 1. The molecule has 9 heteroatoms. The van der Waals surface area contributed by atoms with Gasteiger partial charge in [-0.05, 0) is 18.2 Å². The summed E-state index contributed by atoms with van der Waals surface area (Å²) in [5.41, 5.74) is -1.10. The van der Waals surface area contributed by atoms with E-state index in [1.165, 1.54) is 0 Å². The number of anilines is 2. The monoisotopic (exact) mass is 295 g/mol. The van der Waals surface area contributed by atoms with Gasteiger partial charge < -0.3 is 10.4 Å². The van der Waals surface area contributed by atoms with Gasteiger partial charge in [-0.2, -0.15) is 0 Å². The number of halogens is 2. The van der Waals surface area contributed by atoms with Gasteiger partial charge in [0.15, 0.2) is 5.69 Å². The van der Waals surface area contributed by atoms with E-state index in [0.717, 1.165) is 24.3 Å². The molecule has 0 aliphatic carbocycles. The predicted molar refractivity (Wildman–Crippen MR) is 67.5 cm³/mol. The Labute approximate surface area is 116 Å². The number of benzene rings is 1. The molecule has 0 aliphatic rings. The number of rotatable bonds is 4. The van der Waals surface area contributed by atoms with Crippen molar-refractivity contribution >= 4 is 23.2 Å². The fraction of sp³-hybridized carbons (Fsp3) is 0. The maximum absolute atomic E-state index is 13.1.